The zero-order valence-corrected chi connectivity index (χ0v) is 13.0. The number of rotatable bonds is 2. The summed E-state index contributed by atoms with van der Waals surface area (Å²) in [6, 6.07) is 0.964. The Morgan fingerprint density at radius 2 is 1.72 bits per heavy atom. The first-order chi connectivity index (χ1) is 8.63. The first-order valence-corrected chi connectivity index (χ1v) is 9.28. The Balaban J connectivity index is 2.19. The van der Waals surface area contributed by atoms with E-state index in [1.54, 1.807) is 0 Å². The number of hydrogen-bond acceptors (Lipinski definition) is 4. The minimum atomic E-state index is -2.44. The molecule has 5 heteroatoms. The van der Waals surface area contributed by atoms with Crippen molar-refractivity contribution >= 4 is 8.80 Å². The number of fused-ring (bicyclic) bond motifs is 4. The maximum absolute atomic E-state index is 6.26. The molecule has 2 heterocycles. The van der Waals surface area contributed by atoms with Crippen LogP contribution < -0.4 is 0 Å². The van der Waals surface area contributed by atoms with Crippen LogP contribution in [0.25, 0.3) is 0 Å². The Morgan fingerprint density at radius 3 is 2.28 bits per heavy atom. The SMILES string of the molecule is CCO[Si]12CCCN(CCC(C)O1)CCC(C)O2. The van der Waals surface area contributed by atoms with E-state index in [4.69, 9.17) is 13.3 Å². The van der Waals surface area contributed by atoms with Crippen molar-refractivity contribution in [2.75, 3.05) is 26.2 Å². The summed E-state index contributed by atoms with van der Waals surface area (Å²) in [6.07, 6.45) is 3.79. The molecule has 2 saturated heterocycles. The van der Waals surface area contributed by atoms with Crippen LogP contribution in [0.3, 0.4) is 0 Å². The summed E-state index contributed by atoms with van der Waals surface area (Å²) in [5.74, 6) is 0. The maximum atomic E-state index is 6.26. The highest BCUT2D eigenvalue weighted by Crippen LogP contribution is 2.27. The quantitative estimate of drug-likeness (QED) is 0.722. The van der Waals surface area contributed by atoms with E-state index in [1.807, 2.05) is 6.92 Å². The van der Waals surface area contributed by atoms with Gasteiger partial charge in [0.05, 0.1) is 0 Å². The number of hydrogen-bond donors (Lipinski definition) is 0. The van der Waals surface area contributed by atoms with E-state index >= 15 is 0 Å². The van der Waals surface area contributed by atoms with Crippen LogP contribution in [-0.4, -0.2) is 52.2 Å². The third-order valence-electron chi connectivity index (χ3n) is 3.79. The van der Waals surface area contributed by atoms with Crippen molar-refractivity contribution in [3.63, 3.8) is 0 Å². The maximum Gasteiger partial charge on any atom is 0.501 e. The van der Waals surface area contributed by atoms with Gasteiger partial charge in [0, 0.05) is 37.9 Å². The predicted molar refractivity (Wildman–Crippen MR) is 73.6 cm³/mol. The van der Waals surface area contributed by atoms with Gasteiger partial charge in [0.25, 0.3) is 0 Å². The molecule has 2 aliphatic heterocycles. The Labute approximate surface area is 112 Å². The zero-order valence-electron chi connectivity index (χ0n) is 12.0. The van der Waals surface area contributed by atoms with Gasteiger partial charge in [-0.2, -0.15) is 0 Å². The third-order valence-corrected chi connectivity index (χ3v) is 7.00. The van der Waals surface area contributed by atoms with E-state index in [-0.39, 0.29) is 12.2 Å². The fraction of sp³-hybridized carbons (Fsp3) is 1.00. The van der Waals surface area contributed by atoms with E-state index < -0.39 is 8.80 Å². The molecular formula is C13H27NO3Si. The summed E-state index contributed by atoms with van der Waals surface area (Å²) < 4.78 is 18.5. The van der Waals surface area contributed by atoms with Crippen LogP contribution in [-0.2, 0) is 13.3 Å². The van der Waals surface area contributed by atoms with E-state index in [0.29, 0.717) is 6.61 Å². The molecule has 0 spiro atoms. The van der Waals surface area contributed by atoms with Gasteiger partial charge in [-0.25, -0.2) is 0 Å². The normalized spacial score (nSPS) is 42.5. The third kappa shape index (κ3) is 3.77. The first-order valence-electron chi connectivity index (χ1n) is 7.35. The molecule has 18 heavy (non-hydrogen) atoms. The molecule has 2 unspecified atom stereocenters. The van der Waals surface area contributed by atoms with Crippen molar-refractivity contribution in [3.05, 3.63) is 0 Å². The lowest BCUT2D eigenvalue weighted by Gasteiger charge is -2.34. The van der Waals surface area contributed by atoms with E-state index in [0.717, 1.165) is 44.9 Å². The molecule has 0 aromatic carbocycles. The highest BCUT2D eigenvalue weighted by atomic mass is 28.4. The monoisotopic (exact) mass is 273 g/mol. The molecule has 2 atom stereocenters. The lowest BCUT2D eigenvalue weighted by atomic mass is 10.2. The van der Waals surface area contributed by atoms with Crippen molar-refractivity contribution in [1.29, 1.82) is 0 Å². The minimum absolute atomic E-state index is 0.245. The van der Waals surface area contributed by atoms with Crippen molar-refractivity contribution in [1.82, 2.24) is 4.90 Å². The molecule has 2 fully saturated rings. The Kier molecular flexibility index (Phi) is 5.21. The second-order valence-electron chi connectivity index (χ2n) is 5.50. The van der Waals surface area contributed by atoms with Crippen LogP contribution in [0.15, 0.2) is 0 Å². The van der Waals surface area contributed by atoms with Crippen molar-refractivity contribution in [2.24, 2.45) is 0 Å². The fourth-order valence-corrected chi connectivity index (χ4v) is 5.88. The average molecular weight is 273 g/mol. The minimum Gasteiger partial charge on any atom is -0.374 e. The van der Waals surface area contributed by atoms with Crippen LogP contribution in [0, 0.1) is 0 Å². The molecule has 0 aromatic rings. The molecule has 0 amide bonds. The summed E-state index contributed by atoms with van der Waals surface area (Å²) in [5, 5.41) is 0. The molecule has 0 saturated carbocycles. The molecule has 2 rings (SSSR count). The van der Waals surface area contributed by atoms with E-state index in [2.05, 4.69) is 18.7 Å². The van der Waals surface area contributed by atoms with Gasteiger partial charge in [0.1, 0.15) is 0 Å². The Bertz CT molecular complexity index is 249. The lowest BCUT2D eigenvalue weighted by Crippen LogP contribution is -2.50. The average Bonchev–Trinajstić information content (AvgIpc) is 2.42. The van der Waals surface area contributed by atoms with Crippen molar-refractivity contribution < 1.29 is 13.3 Å². The van der Waals surface area contributed by atoms with Gasteiger partial charge in [-0.15, -0.1) is 0 Å². The van der Waals surface area contributed by atoms with Gasteiger partial charge in [-0.3, -0.25) is 0 Å². The summed E-state index contributed by atoms with van der Waals surface area (Å²) in [6.45, 7) is 10.5. The highest BCUT2D eigenvalue weighted by molar-refractivity contribution is 6.60. The molecule has 0 aromatic heterocycles. The molecule has 2 bridgehead atoms. The predicted octanol–water partition coefficient (Wildman–Crippen LogP) is 2.27. The highest BCUT2D eigenvalue weighted by Gasteiger charge is 2.44. The van der Waals surface area contributed by atoms with Crippen LogP contribution in [0.2, 0.25) is 6.04 Å². The summed E-state index contributed by atoms with van der Waals surface area (Å²) in [4.78, 5) is 2.56. The largest absolute Gasteiger partial charge is 0.501 e. The second kappa shape index (κ2) is 6.48. The van der Waals surface area contributed by atoms with Gasteiger partial charge in [-0.05, 0) is 46.6 Å². The molecular weight excluding hydrogens is 246 g/mol. The van der Waals surface area contributed by atoms with Gasteiger partial charge < -0.3 is 18.2 Å². The van der Waals surface area contributed by atoms with Crippen LogP contribution in [0.5, 0.6) is 0 Å². The Hall–Kier alpha value is 0.0569. The van der Waals surface area contributed by atoms with Crippen molar-refractivity contribution in [2.45, 2.75) is 58.3 Å². The topological polar surface area (TPSA) is 30.9 Å². The van der Waals surface area contributed by atoms with Crippen molar-refractivity contribution in [3.8, 4) is 0 Å². The molecule has 0 aliphatic carbocycles. The fourth-order valence-electron chi connectivity index (χ4n) is 2.82. The molecule has 0 N–H and O–H groups in total. The molecule has 2 aliphatic rings. The Morgan fingerprint density at radius 1 is 1.11 bits per heavy atom. The van der Waals surface area contributed by atoms with Gasteiger partial charge in [0.15, 0.2) is 0 Å². The first kappa shape index (κ1) is 14.5. The van der Waals surface area contributed by atoms with Gasteiger partial charge >= 0.3 is 8.80 Å². The summed E-state index contributed by atoms with van der Waals surface area (Å²) in [7, 11) is -2.44. The standard InChI is InChI=1S/C13H27NO3Si/c1-4-15-18-11-5-8-14(9-6-12(2)16-18)10-7-13(3)17-18/h12-13H,4-11H2,1-3H3. The molecule has 4 nitrogen and oxygen atoms in total. The molecule has 106 valence electrons. The van der Waals surface area contributed by atoms with Crippen LogP contribution in [0.4, 0.5) is 0 Å². The van der Waals surface area contributed by atoms with Gasteiger partial charge in [0.2, 0.25) is 0 Å². The van der Waals surface area contributed by atoms with E-state index in [1.165, 1.54) is 0 Å². The molecule has 0 radical (unpaired) electrons. The smallest absolute Gasteiger partial charge is 0.374 e. The second-order valence-corrected chi connectivity index (χ2v) is 8.12. The zero-order chi connectivity index (χ0) is 13.0. The van der Waals surface area contributed by atoms with E-state index in [9.17, 15) is 0 Å². The van der Waals surface area contributed by atoms with Crippen LogP contribution >= 0.6 is 0 Å². The summed E-state index contributed by atoms with van der Waals surface area (Å²) >= 11 is 0. The van der Waals surface area contributed by atoms with Crippen LogP contribution in [0.1, 0.15) is 40.0 Å². The summed E-state index contributed by atoms with van der Waals surface area (Å²) in [5.41, 5.74) is 0. The van der Waals surface area contributed by atoms with Gasteiger partial charge in [-0.1, -0.05) is 0 Å². The number of nitrogens with zero attached hydrogens (tertiary/aromatic N) is 1. The lowest BCUT2D eigenvalue weighted by molar-refractivity contribution is 0.00244.